The van der Waals surface area contributed by atoms with Gasteiger partial charge in [-0.1, -0.05) is 38.5 Å². The van der Waals surface area contributed by atoms with Gasteiger partial charge in [0.25, 0.3) is 0 Å². The fraction of sp³-hybridized carbons (Fsp3) is 0.571. The lowest BCUT2D eigenvalue weighted by molar-refractivity contribution is -0.142. The Labute approximate surface area is 240 Å². The van der Waals surface area contributed by atoms with Crippen LogP contribution < -0.4 is 27.4 Å². The number of para-hydroxylation sites is 1. The molecule has 5 unspecified atom stereocenters. The molecule has 0 spiro atoms. The van der Waals surface area contributed by atoms with Gasteiger partial charge in [0.2, 0.25) is 17.7 Å². The molecule has 40 heavy (non-hydrogen) atoms. The molecule has 0 bridgehead atoms. The Bertz CT molecular complexity index is 1130. The van der Waals surface area contributed by atoms with Crippen LogP contribution in [0.15, 0.2) is 30.5 Å². The summed E-state index contributed by atoms with van der Waals surface area (Å²) in [6, 6.07) is 3.68. The van der Waals surface area contributed by atoms with Crippen molar-refractivity contribution in [3.05, 3.63) is 36.0 Å². The summed E-state index contributed by atoms with van der Waals surface area (Å²) in [6.45, 7) is 4.22. The summed E-state index contributed by atoms with van der Waals surface area (Å²) in [5.74, 6) is -2.22. The largest absolute Gasteiger partial charge is 0.480 e. The predicted octanol–water partition coefficient (Wildman–Crippen LogP) is 1.50. The third-order valence-electron chi connectivity index (χ3n) is 7.10. The van der Waals surface area contributed by atoms with Crippen LogP contribution in [0.3, 0.4) is 0 Å². The number of aliphatic carboxylic acids is 1. The Morgan fingerprint density at radius 3 is 2.27 bits per heavy atom. The van der Waals surface area contributed by atoms with Gasteiger partial charge in [0.1, 0.15) is 18.1 Å². The molecular formula is C28H44N6O5S. The third kappa shape index (κ3) is 9.83. The number of hydrogen-bond donors (Lipinski definition) is 7. The van der Waals surface area contributed by atoms with E-state index in [-0.39, 0.29) is 18.8 Å². The molecule has 5 atom stereocenters. The molecule has 0 saturated carbocycles. The van der Waals surface area contributed by atoms with Crippen molar-refractivity contribution in [1.29, 1.82) is 0 Å². The predicted molar refractivity (Wildman–Crippen MR) is 159 cm³/mol. The summed E-state index contributed by atoms with van der Waals surface area (Å²) in [7, 11) is 0. The molecule has 222 valence electrons. The average molecular weight is 577 g/mol. The maximum Gasteiger partial charge on any atom is 0.326 e. The van der Waals surface area contributed by atoms with E-state index in [0.29, 0.717) is 38.0 Å². The van der Waals surface area contributed by atoms with Gasteiger partial charge in [0.05, 0.1) is 6.04 Å². The van der Waals surface area contributed by atoms with E-state index >= 15 is 0 Å². The van der Waals surface area contributed by atoms with Crippen LogP contribution in [0.4, 0.5) is 0 Å². The molecule has 3 amide bonds. The summed E-state index contributed by atoms with van der Waals surface area (Å²) in [5, 5.41) is 18.7. The number of carboxylic acid groups (broad SMARTS) is 1. The number of carbonyl (C=O) groups is 4. The van der Waals surface area contributed by atoms with Crippen LogP contribution in [-0.2, 0) is 25.6 Å². The van der Waals surface area contributed by atoms with E-state index in [4.69, 9.17) is 11.5 Å². The molecule has 0 fully saturated rings. The number of rotatable bonds is 18. The van der Waals surface area contributed by atoms with E-state index in [1.807, 2.05) is 44.4 Å². The highest BCUT2D eigenvalue weighted by atomic mass is 32.2. The van der Waals surface area contributed by atoms with Gasteiger partial charge in [-0.15, -0.1) is 0 Å². The second kappa shape index (κ2) is 16.9. The lowest BCUT2D eigenvalue weighted by atomic mass is 9.99. The van der Waals surface area contributed by atoms with Crippen molar-refractivity contribution in [2.75, 3.05) is 18.6 Å². The molecule has 9 N–H and O–H groups in total. The zero-order chi connectivity index (χ0) is 29.7. The van der Waals surface area contributed by atoms with E-state index in [1.54, 1.807) is 6.20 Å². The normalized spacial score (nSPS) is 15.0. The summed E-state index contributed by atoms with van der Waals surface area (Å²) >= 11 is 1.52. The molecule has 0 radical (unpaired) electrons. The number of aromatic nitrogens is 1. The fourth-order valence-corrected chi connectivity index (χ4v) is 4.78. The molecule has 0 saturated heterocycles. The number of nitrogens with one attached hydrogen (secondary N) is 4. The molecule has 1 heterocycles. The van der Waals surface area contributed by atoms with Gasteiger partial charge in [-0.3, -0.25) is 14.4 Å². The van der Waals surface area contributed by atoms with Crippen molar-refractivity contribution in [3.8, 4) is 0 Å². The molecule has 11 nitrogen and oxygen atoms in total. The van der Waals surface area contributed by atoms with E-state index in [9.17, 15) is 24.3 Å². The molecule has 1 aromatic heterocycles. The number of thioether (sulfide) groups is 1. The van der Waals surface area contributed by atoms with Crippen molar-refractivity contribution in [3.63, 3.8) is 0 Å². The number of aromatic amines is 1. The number of H-pyrrole nitrogens is 1. The van der Waals surface area contributed by atoms with E-state index in [0.717, 1.165) is 16.5 Å². The molecule has 1 aromatic carbocycles. The minimum Gasteiger partial charge on any atom is -0.480 e. The molecular weight excluding hydrogens is 532 g/mol. The first-order valence-corrected chi connectivity index (χ1v) is 15.2. The van der Waals surface area contributed by atoms with Crippen LogP contribution in [0.2, 0.25) is 0 Å². The number of fused-ring (bicyclic) bond motifs is 1. The van der Waals surface area contributed by atoms with Gasteiger partial charge >= 0.3 is 5.97 Å². The Morgan fingerprint density at radius 1 is 0.975 bits per heavy atom. The third-order valence-corrected chi connectivity index (χ3v) is 7.74. The average Bonchev–Trinajstić information content (AvgIpc) is 3.35. The van der Waals surface area contributed by atoms with Crippen LogP contribution >= 0.6 is 11.8 Å². The maximum absolute atomic E-state index is 13.5. The van der Waals surface area contributed by atoms with Crippen molar-refractivity contribution < 1.29 is 24.3 Å². The monoisotopic (exact) mass is 576 g/mol. The van der Waals surface area contributed by atoms with Gasteiger partial charge < -0.3 is 37.5 Å². The Morgan fingerprint density at radius 2 is 1.62 bits per heavy atom. The van der Waals surface area contributed by atoms with Gasteiger partial charge in [-0.05, 0) is 61.8 Å². The molecule has 2 aromatic rings. The number of carbonyl (C=O) groups excluding carboxylic acids is 3. The first-order chi connectivity index (χ1) is 19.1. The van der Waals surface area contributed by atoms with Crippen LogP contribution in [-0.4, -0.2) is 76.5 Å². The number of amides is 3. The van der Waals surface area contributed by atoms with Gasteiger partial charge in [0.15, 0.2) is 0 Å². The Kier molecular flexibility index (Phi) is 14.0. The van der Waals surface area contributed by atoms with Crippen molar-refractivity contribution in [2.24, 2.45) is 17.4 Å². The lowest BCUT2D eigenvalue weighted by Gasteiger charge is -2.26. The Hall–Kier alpha value is -3.09. The van der Waals surface area contributed by atoms with Crippen molar-refractivity contribution >= 4 is 46.4 Å². The lowest BCUT2D eigenvalue weighted by Crippen LogP contribution is -2.58. The first-order valence-electron chi connectivity index (χ1n) is 13.8. The number of carboxylic acids is 1. The molecule has 2 rings (SSSR count). The van der Waals surface area contributed by atoms with Gasteiger partial charge in [0, 0.05) is 23.5 Å². The summed E-state index contributed by atoms with van der Waals surface area (Å²) in [4.78, 5) is 54.8. The fourth-order valence-electron chi connectivity index (χ4n) is 4.31. The minimum absolute atomic E-state index is 0.0723. The number of unbranched alkanes of at least 4 members (excludes halogenated alkanes) is 1. The highest BCUT2D eigenvalue weighted by Gasteiger charge is 2.31. The highest BCUT2D eigenvalue weighted by Crippen LogP contribution is 2.19. The number of benzene rings is 1. The zero-order valence-electron chi connectivity index (χ0n) is 23.6. The summed E-state index contributed by atoms with van der Waals surface area (Å²) in [6.07, 6.45) is 6.20. The quantitative estimate of drug-likeness (QED) is 0.130. The Balaban J connectivity index is 2.30. The van der Waals surface area contributed by atoms with Gasteiger partial charge in [-0.2, -0.15) is 11.8 Å². The molecule has 0 aliphatic rings. The summed E-state index contributed by atoms with van der Waals surface area (Å²) in [5.41, 5.74) is 13.3. The van der Waals surface area contributed by atoms with Crippen molar-refractivity contribution in [2.45, 2.75) is 76.5 Å². The summed E-state index contributed by atoms with van der Waals surface area (Å²) < 4.78 is 0. The van der Waals surface area contributed by atoms with Crippen LogP contribution in [0.5, 0.6) is 0 Å². The number of hydrogen-bond acceptors (Lipinski definition) is 7. The SMILES string of the molecule is CCC(C)C(N)C(=O)NC(CCSC)C(=O)NC(Cc1c[nH]c2ccccc12)C(=O)NC(CCCCN)C(=O)O. The maximum atomic E-state index is 13.5. The van der Waals surface area contributed by atoms with E-state index < -0.39 is 47.9 Å². The minimum atomic E-state index is -1.16. The second-order valence-corrected chi connectivity index (χ2v) is 11.0. The molecule has 0 aliphatic carbocycles. The van der Waals surface area contributed by atoms with Crippen LogP contribution in [0.25, 0.3) is 10.9 Å². The van der Waals surface area contributed by atoms with E-state index in [2.05, 4.69) is 20.9 Å². The first kappa shape index (κ1) is 33.1. The standard InChI is InChI=1S/C28H44N6O5S/c1-4-17(2)24(30)27(37)32-21(12-14-40-3)25(35)34-23(15-18-16-31-20-10-6-5-9-19(18)20)26(36)33-22(28(38)39)11-7-8-13-29/h5-6,9-10,16-17,21-24,31H,4,7-8,11-15,29-30H2,1-3H3,(H,32,37)(H,33,36)(H,34,35)(H,38,39). The topological polar surface area (TPSA) is 192 Å². The second-order valence-electron chi connectivity index (χ2n) is 10.1. The number of nitrogens with two attached hydrogens (primary N) is 2. The van der Waals surface area contributed by atoms with Gasteiger partial charge in [-0.25, -0.2) is 4.79 Å². The van der Waals surface area contributed by atoms with E-state index in [1.165, 1.54) is 11.8 Å². The molecule has 12 heteroatoms. The van der Waals surface area contributed by atoms with Crippen LogP contribution in [0.1, 0.15) is 51.5 Å². The zero-order valence-corrected chi connectivity index (χ0v) is 24.4. The molecule has 0 aliphatic heterocycles. The smallest absolute Gasteiger partial charge is 0.326 e. The van der Waals surface area contributed by atoms with Crippen molar-refractivity contribution in [1.82, 2.24) is 20.9 Å². The van der Waals surface area contributed by atoms with Crippen LogP contribution in [0, 0.1) is 5.92 Å². The highest BCUT2D eigenvalue weighted by molar-refractivity contribution is 7.98.